The molecule has 1 aromatic heterocycles. The van der Waals surface area contributed by atoms with E-state index < -0.39 is 17.6 Å². The highest BCUT2D eigenvalue weighted by molar-refractivity contribution is 5.98. The molecule has 1 aliphatic rings. The Morgan fingerprint density at radius 2 is 1.66 bits per heavy atom. The maximum absolute atomic E-state index is 13.0. The lowest BCUT2D eigenvalue weighted by molar-refractivity contribution is -0.137. The highest BCUT2D eigenvalue weighted by Crippen LogP contribution is 2.29. The van der Waals surface area contributed by atoms with Crippen LogP contribution in [0.1, 0.15) is 37.7 Å². The van der Waals surface area contributed by atoms with Crippen LogP contribution in [-0.4, -0.2) is 33.0 Å². The number of nitrogens with one attached hydrogen (secondary N) is 1. The van der Waals surface area contributed by atoms with Crippen LogP contribution < -0.4 is 5.32 Å². The Bertz CT molecular complexity index is 1140. The standard InChI is InChI=1S/C22H18F4N4O2/c23-17-7-3-14(4-8-17)12-27-20(31)18-11-19-21(32)29(9-10-30(19)28-18)13-15-1-5-16(6-2-15)22(24,25)26/h1-8,11H,9-10,12-13H2,(H,27,31). The summed E-state index contributed by atoms with van der Waals surface area (Å²) in [5.74, 6) is -1.21. The number of amides is 2. The fraction of sp³-hybridized carbons (Fsp3) is 0.227. The summed E-state index contributed by atoms with van der Waals surface area (Å²) in [6.45, 7) is 0.988. The van der Waals surface area contributed by atoms with Crippen molar-refractivity contribution in [3.8, 4) is 0 Å². The van der Waals surface area contributed by atoms with E-state index in [9.17, 15) is 27.2 Å². The van der Waals surface area contributed by atoms with E-state index in [1.54, 1.807) is 12.1 Å². The van der Waals surface area contributed by atoms with E-state index in [0.717, 1.165) is 12.1 Å². The molecular weight excluding hydrogens is 428 g/mol. The molecule has 4 rings (SSSR count). The summed E-state index contributed by atoms with van der Waals surface area (Å²) >= 11 is 0. The molecule has 2 amide bonds. The zero-order valence-corrected chi connectivity index (χ0v) is 16.7. The summed E-state index contributed by atoms with van der Waals surface area (Å²) in [5, 5.41) is 6.85. The van der Waals surface area contributed by atoms with E-state index in [1.165, 1.54) is 39.9 Å². The van der Waals surface area contributed by atoms with Crippen molar-refractivity contribution in [1.29, 1.82) is 0 Å². The zero-order valence-electron chi connectivity index (χ0n) is 16.7. The molecule has 3 aromatic rings. The van der Waals surface area contributed by atoms with E-state index in [0.29, 0.717) is 24.2 Å². The van der Waals surface area contributed by atoms with Crippen molar-refractivity contribution in [2.75, 3.05) is 6.54 Å². The van der Waals surface area contributed by atoms with Crippen molar-refractivity contribution in [1.82, 2.24) is 20.0 Å². The molecule has 2 aromatic carbocycles. The first-order valence-corrected chi connectivity index (χ1v) is 9.76. The van der Waals surface area contributed by atoms with Gasteiger partial charge in [-0.3, -0.25) is 14.3 Å². The van der Waals surface area contributed by atoms with Gasteiger partial charge >= 0.3 is 6.18 Å². The van der Waals surface area contributed by atoms with Crippen LogP contribution in [0, 0.1) is 5.82 Å². The van der Waals surface area contributed by atoms with Crippen molar-refractivity contribution in [3.05, 3.63) is 88.5 Å². The number of benzene rings is 2. The summed E-state index contributed by atoms with van der Waals surface area (Å²) in [5.41, 5.74) is 0.835. The minimum absolute atomic E-state index is 0.0758. The molecule has 0 saturated heterocycles. The van der Waals surface area contributed by atoms with Crippen LogP contribution in [0.4, 0.5) is 17.6 Å². The molecule has 166 valence electrons. The third-order valence-electron chi connectivity index (χ3n) is 5.12. The van der Waals surface area contributed by atoms with E-state index in [2.05, 4.69) is 10.4 Å². The first-order chi connectivity index (χ1) is 15.2. The first kappa shape index (κ1) is 21.5. The van der Waals surface area contributed by atoms with Crippen LogP contribution in [0.2, 0.25) is 0 Å². The van der Waals surface area contributed by atoms with Gasteiger partial charge in [-0.1, -0.05) is 24.3 Å². The Morgan fingerprint density at radius 3 is 2.31 bits per heavy atom. The molecule has 6 nitrogen and oxygen atoms in total. The summed E-state index contributed by atoms with van der Waals surface area (Å²) < 4.78 is 52.6. The average molecular weight is 446 g/mol. The Morgan fingerprint density at radius 1 is 1.00 bits per heavy atom. The van der Waals surface area contributed by atoms with Crippen molar-refractivity contribution in [3.63, 3.8) is 0 Å². The SMILES string of the molecule is O=C(NCc1ccc(F)cc1)c1cc2n(n1)CCN(Cc1ccc(C(F)(F)F)cc1)C2=O. The van der Waals surface area contributed by atoms with Crippen LogP contribution in [0.3, 0.4) is 0 Å². The van der Waals surface area contributed by atoms with Crippen LogP contribution in [0.15, 0.2) is 54.6 Å². The number of alkyl halides is 3. The lowest BCUT2D eigenvalue weighted by Crippen LogP contribution is -2.39. The quantitative estimate of drug-likeness (QED) is 0.609. The number of fused-ring (bicyclic) bond motifs is 1. The Balaban J connectivity index is 1.41. The number of aromatic nitrogens is 2. The van der Waals surface area contributed by atoms with Gasteiger partial charge < -0.3 is 10.2 Å². The minimum atomic E-state index is -4.42. The smallest absolute Gasteiger partial charge is 0.347 e. The number of hydrogen-bond donors (Lipinski definition) is 1. The number of hydrogen-bond acceptors (Lipinski definition) is 3. The Kier molecular flexibility index (Phi) is 5.68. The van der Waals surface area contributed by atoms with E-state index in [1.807, 2.05) is 0 Å². The van der Waals surface area contributed by atoms with Gasteiger partial charge in [-0.25, -0.2) is 4.39 Å². The second-order valence-corrected chi connectivity index (χ2v) is 7.37. The maximum Gasteiger partial charge on any atom is 0.416 e. The molecular formula is C22H18F4N4O2. The summed E-state index contributed by atoms with van der Waals surface area (Å²) in [4.78, 5) is 26.7. The van der Waals surface area contributed by atoms with Crippen molar-refractivity contribution in [2.45, 2.75) is 25.8 Å². The topological polar surface area (TPSA) is 67.2 Å². The fourth-order valence-corrected chi connectivity index (χ4v) is 3.39. The molecule has 2 heterocycles. The molecule has 0 atom stereocenters. The minimum Gasteiger partial charge on any atom is -0.347 e. The maximum atomic E-state index is 13.0. The second kappa shape index (κ2) is 8.45. The molecule has 0 spiro atoms. The van der Waals surface area contributed by atoms with Gasteiger partial charge in [0.2, 0.25) is 0 Å². The molecule has 0 saturated carbocycles. The van der Waals surface area contributed by atoms with Gasteiger partial charge in [0.05, 0.1) is 12.1 Å². The molecule has 0 unspecified atom stereocenters. The van der Waals surface area contributed by atoms with Gasteiger partial charge in [-0.15, -0.1) is 0 Å². The highest BCUT2D eigenvalue weighted by atomic mass is 19.4. The number of carbonyl (C=O) groups is 2. The molecule has 0 fully saturated rings. The molecule has 1 N–H and O–H groups in total. The van der Waals surface area contributed by atoms with Gasteiger partial charge in [0.1, 0.15) is 11.5 Å². The summed E-state index contributed by atoms with van der Waals surface area (Å²) in [7, 11) is 0. The van der Waals surface area contributed by atoms with Gasteiger partial charge in [0.15, 0.2) is 5.69 Å². The molecule has 0 aliphatic carbocycles. The third kappa shape index (κ3) is 4.63. The average Bonchev–Trinajstić information content (AvgIpc) is 3.20. The first-order valence-electron chi connectivity index (χ1n) is 9.76. The zero-order chi connectivity index (χ0) is 22.9. The van der Waals surface area contributed by atoms with Crippen LogP contribution in [-0.2, 0) is 25.8 Å². The number of halogens is 4. The largest absolute Gasteiger partial charge is 0.416 e. The fourth-order valence-electron chi connectivity index (χ4n) is 3.39. The van der Waals surface area contributed by atoms with Crippen molar-refractivity contribution in [2.24, 2.45) is 0 Å². The Hall–Kier alpha value is -3.69. The predicted molar refractivity (Wildman–Crippen MR) is 106 cm³/mol. The molecule has 10 heteroatoms. The number of nitrogens with zero attached hydrogens (tertiary/aromatic N) is 3. The van der Waals surface area contributed by atoms with Gasteiger partial charge in [-0.2, -0.15) is 18.3 Å². The summed E-state index contributed by atoms with van der Waals surface area (Å²) in [6, 6.07) is 11.7. The van der Waals surface area contributed by atoms with Crippen LogP contribution >= 0.6 is 0 Å². The Labute approximate surface area is 180 Å². The molecule has 32 heavy (non-hydrogen) atoms. The van der Waals surface area contributed by atoms with Crippen molar-refractivity contribution >= 4 is 11.8 Å². The lowest BCUT2D eigenvalue weighted by Gasteiger charge is -2.27. The summed E-state index contributed by atoms with van der Waals surface area (Å²) in [6.07, 6.45) is -4.42. The van der Waals surface area contributed by atoms with Gasteiger partial charge in [0, 0.05) is 25.7 Å². The molecule has 0 bridgehead atoms. The molecule has 1 aliphatic heterocycles. The van der Waals surface area contributed by atoms with E-state index >= 15 is 0 Å². The number of rotatable bonds is 5. The normalized spacial score (nSPS) is 13.8. The predicted octanol–water partition coefficient (Wildman–Crippen LogP) is 3.63. The van der Waals surface area contributed by atoms with Gasteiger partial charge in [0.25, 0.3) is 11.8 Å². The third-order valence-corrected chi connectivity index (χ3v) is 5.12. The lowest BCUT2D eigenvalue weighted by atomic mass is 10.1. The van der Waals surface area contributed by atoms with E-state index in [-0.39, 0.29) is 36.2 Å². The second-order valence-electron chi connectivity index (χ2n) is 7.37. The van der Waals surface area contributed by atoms with E-state index in [4.69, 9.17) is 0 Å². The number of carbonyl (C=O) groups excluding carboxylic acids is 2. The highest BCUT2D eigenvalue weighted by Gasteiger charge is 2.31. The molecule has 0 radical (unpaired) electrons. The van der Waals surface area contributed by atoms with Crippen LogP contribution in [0.5, 0.6) is 0 Å². The van der Waals surface area contributed by atoms with Gasteiger partial charge in [-0.05, 0) is 35.4 Å². The van der Waals surface area contributed by atoms with Crippen LogP contribution in [0.25, 0.3) is 0 Å². The van der Waals surface area contributed by atoms with Crippen molar-refractivity contribution < 1.29 is 27.2 Å². The monoisotopic (exact) mass is 446 g/mol.